The molecular formula is C11H23NO4S2. The summed E-state index contributed by atoms with van der Waals surface area (Å²) < 4.78 is 41.6. The van der Waals surface area contributed by atoms with Gasteiger partial charge in [-0.25, -0.2) is 8.42 Å². The van der Waals surface area contributed by atoms with E-state index < -0.39 is 20.8 Å². The maximum absolute atomic E-state index is 11.6. The van der Waals surface area contributed by atoms with Crippen LogP contribution in [-0.2, 0) is 25.6 Å². The van der Waals surface area contributed by atoms with Crippen molar-refractivity contribution in [3.63, 3.8) is 0 Å². The third kappa shape index (κ3) is 4.29. The number of rotatable bonds is 7. The van der Waals surface area contributed by atoms with Crippen LogP contribution in [-0.4, -0.2) is 60.5 Å². The molecule has 0 N–H and O–H groups in total. The molecule has 0 radical (unpaired) electrons. The normalized spacial score (nSPS) is 27.5. The molecule has 0 bridgehead atoms. The molecule has 0 aromatic rings. The highest BCUT2D eigenvalue weighted by Gasteiger charge is 2.48. The first-order valence-corrected chi connectivity index (χ1v) is 9.48. The summed E-state index contributed by atoms with van der Waals surface area (Å²) in [5, 5.41) is 0.106. The van der Waals surface area contributed by atoms with E-state index in [0.717, 1.165) is 6.42 Å². The minimum Gasteiger partial charge on any atom is -0.377 e. The van der Waals surface area contributed by atoms with Gasteiger partial charge in [-0.3, -0.25) is 4.21 Å². The van der Waals surface area contributed by atoms with E-state index in [4.69, 9.17) is 4.74 Å². The van der Waals surface area contributed by atoms with Gasteiger partial charge in [-0.2, -0.15) is 4.31 Å². The maximum atomic E-state index is 11.6. The molecular weight excluding hydrogens is 274 g/mol. The Labute approximate surface area is 112 Å². The molecule has 1 aliphatic rings. The first-order valence-electron chi connectivity index (χ1n) is 6.01. The van der Waals surface area contributed by atoms with E-state index in [1.807, 2.05) is 13.8 Å². The Hall–Kier alpha value is 0.0200. The molecule has 4 atom stereocenters. The Morgan fingerprint density at radius 2 is 2.00 bits per heavy atom. The van der Waals surface area contributed by atoms with Crippen LogP contribution in [0.4, 0.5) is 0 Å². The molecule has 18 heavy (non-hydrogen) atoms. The molecule has 1 fully saturated rings. The minimum absolute atomic E-state index is 0.0600. The molecule has 1 aliphatic carbocycles. The Morgan fingerprint density at radius 3 is 2.33 bits per heavy atom. The van der Waals surface area contributed by atoms with Crippen LogP contribution in [0.2, 0.25) is 0 Å². The molecule has 0 saturated heterocycles. The largest absolute Gasteiger partial charge is 0.377 e. The fraction of sp³-hybridized carbons (Fsp3) is 1.00. The zero-order chi connectivity index (χ0) is 14.1. The molecule has 0 amide bonds. The summed E-state index contributed by atoms with van der Waals surface area (Å²) in [4.78, 5) is 0. The highest BCUT2D eigenvalue weighted by molar-refractivity contribution is 7.88. The predicted molar refractivity (Wildman–Crippen MR) is 73.4 cm³/mol. The van der Waals surface area contributed by atoms with Crippen molar-refractivity contribution in [3.05, 3.63) is 0 Å². The molecule has 5 nitrogen and oxygen atoms in total. The Morgan fingerprint density at radius 1 is 1.44 bits per heavy atom. The second kappa shape index (κ2) is 5.98. The Balaban J connectivity index is 2.74. The fourth-order valence-corrected chi connectivity index (χ4v) is 3.89. The summed E-state index contributed by atoms with van der Waals surface area (Å²) in [6.45, 7) is 4.19. The summed E-state index contributed by atoms with van der Waals surface area (Å²) >= 11 is 0. The molecule has 3 unspecified atom stereocenters. The summed E-state index contributed by atoms with van der Waals surface area (Å²) in [6.07, 6.45) is 3.74. The van der Waals surface area contributed by atoms with Crippen LogP contribution in [0.3, 0.4) is 0 Å². The molecule has 1 saturated carbocycles. The van der Waals surface area contributed by atoms with Gasteiger partial charge in [0.25, 0.3) is 0 Å². The van der Waals surface area contributed by atoms with Gasteiger partial charge in [-0.05, 0) is 26.2 Å². The second-order valence-corrected chi connectivity index (χ2v) is 8.81. The van der Waals surface area contributed by atoms with Crippen molar-refractivity contribution >= 4 is 20.8 Å². The third-order valence-corrected chi connectivity index (χ3v) is 6.00. The maximum Gasteiger partial charge on any atom is 0.211 e. The highest BCUT2D eigenvalue weighted by atomic mass is 32.2. The average molecular weight is 297 g/mol. The van der Waals surface area contributed by atoms with Gasteiger partial charge in [0.1, 0.15) is 0 Å². The van der Waals surface area contributed by atoms with Crippen molar-refractivity contribution in [2.75, 3.05) is 26.2 Å². The molecule has 0 aromatic carbocycles. The highest BCUT2D eigenvalue weighted by Crippen LogP contribution is 2.40. The zero-order valence-electron chi connectivity index (χ0n) is 11.6. The van der Waals surface area contributed by atoms with Crippen molar-refractivity contribution in [2.45, 2.75) is 37.7 Å². The van der Waals surface area contributed by atoms with Gasteiger partial charge in [0.15, 0.2) is 0 Å². The SMILES string of the molecule is CC(C)OCC(C1CC1[S@@](C)=O)N(C)S(C)(=O)=O. The molecule has 0 spiro atoms. The molecule has 0 aromatic heterocycles. The van der Waals surface area contributed by atoms with E-state index in [0.29, 0.717) is 6.61 Å². The zero-order valence-corrected chi connectivity index (χ0v) is 13.3. The Bertz CT molecular complexity index is 407. The number of sulfonamides is 1. The first-order chi connectivity index (χ1) is 8.14. The van der Waals surface area contributed by atoms with Gasteiger partial charge < -0.3 is 4.74 Å². The summed E-state index contributed by atoms with van der Waals surface area (Å²) in [7, 11) is -2.57. The molecule has 7 heteroatoms. The van der Waals surface area contributed by atoms with Gasteiger partial charge in [0, 0.05) is 29.4 Å². The number of ether oxygens (including phenoxy) is 1. The van der Waals surface area contributed by atoms with E-state index in [9.17, 15) is 12.6 Å². The molecule has 108 valence electrons. The quantitative estimate of drug-likeness (QED) is 0.684. The number of nitrogens with zero attached hydrogens (tertiary/aromatic N) is 1. The summed E-state index contributed by atoms with van der Waals surface area (Å²) in [6, 6.07) is -0.212. The summed E-state index contributed by atoms with van der Waals surface area (Å²) in [5.41, 5.74) is 0. The minimum atomic E-state index is -3.25. The van der Waals surface area contributed by atoms with Crippen molar-refractivity contribution in [1.29, 1.82) is 0 Å². The van der Waals surface area contributed by atoms with E-state index >= 15 is 0 Å². The van der Waals surface area contributed by atoms with E-state index in [2.05, 4.69) is 0 Å². The van der Waals surface area contributed by atoms with Crippen molar-refractivity contribution in [1.82, 2.24) is 4.31 Å². The topological polar surface area (TPSA) is 63.7 Å². The van der Waals surface area contributed by atoms with Crippen molar-refractivity contribution in [3.8, 4) is 0 Å². The lowest BCUT2D eigenvalue weighted by molar-refractivity contribution is 0.0433. The van der Waals surface area contributed by atoms with E-state index in [1.54, 1.807) is 13.3 Å². The predicted octanol–water partition coefficient (Wildman–Crippen LogP) is 0.438. The van der Waals surface area contributed by atoms with Crippen LogP contribution >= 0.6 is 0 Å². The van der Waals surface area contributed by atoms with Crippen LogP contribution in [0.5, 0.6) is 0 Å². The van der Waals surface area contributed by atoms with Crippen LogP contribution in [0.1, 0.15) is 20.3 Å². The van der Waals surface area contributed by atoms with E-state index in [1.165, 1.54) is 10.6 Å². The van der Waals surface area contributed by atoms with Gasteiger partial charge in [0.2, 0.25) is 10.0 Å². The smallest absolute Gasteiger partial charge is 0.211 e. The molecule has 0 heterocycles. The van der Waals surface area contributed by atoms with Crippen LogP contribution in [0, 0.1) is 5.92 Å². The number of hydrogen-bond acceptors (Lipinski definition) is 4. The lowest BCUT2D eigenvalue weighted by Gasteiger charge is -2.27. The van der Waals surface area contributed by atoms with Gasteiger partial charge >= 0.3 is 0 Å². The van der Waals surface area contributed by atoms with Crippen LogP contribution < -0.4 is 0 Å². The summed E-state index contributed by atoms with van der Waals surface area (Å²) in [5.74, 6) is 0.148. The first kappa shape index (κ1) is 16.1. The van der Waals surface area contributed by atoms with Gasteiger partial charge in [-0.1, -0.05) is 0 Å². The monoisotopic (exact) mass is 297 g/mol. The fourth-order valence-electron chi connectivity index (χ4n) is 2.01. The molecule has 0 aliphatic heterocycles. The molecule has 1 rings (SSSR count). The van der Waals surface area contributed by atoms with Crippen LogP contribution in [0.25, 0.3) is 0 Å². The second-order valence-electron chi connectivity index (χ2n) is 5.17. The average Bonchev–Trinajstić information content (AvgIpc) is 2.95. The van der Waals surface area contributed by atoms with Gasteiger partial charge in [-0.15, -0.1) is 0 Å². The van der Waals surface area contributed by atoms with Crippen LogP contribution in [0.15, 0.2) is 0 Å². The third-order valence-electron chi connectivity index (χ3n) is 3.29. The van der Waals surface area contributed by atoms with Crippen molar-refractivity contribution < 1.29 is 17.4 Å². The standard InChI is InChI=1S/C11H23NO4S2/c1-8(2)16-7-10(12(3)18(5,14)15)9-6-11(9)17(4)13/h8-11H,6-7H2,1-5H3/t9?,10?,11?,17-/m1/s1. The Kier molecular flexibility index (Phi) is 5.34. The number of likely N-dealkylation sites (N-methyl/N-ethyl adjacent to an activating group) is 1. The lowest BCUT2D eigenvalue weighted by atomic mass is 10.2. The van der Waals surface area contributed by atoms with Gasteiger partial charge in [0.05, 0.1) is 25.0 Å². The number of hydrogen-bond donors (Lipinski definition) is 0. The lowest BCUT2D eigenvalue weighted by Crippen LogP contribution is -2.42. The van der Waals surface area contributed by atoms with E-state index in [-0.39, 0.29) is 23.3 Å². The van der Waals surface area contributed by atoms with Crippen molar-refractivity contribution in [2.24, 2.45) is 5.92 Å².